The second-order valence-electron chi connectivity index (χ2n) is 1.28. The Morgan fingerprint density at radius 3 is 2.89 bits per heavy atom. The maximum absolute atomic E-state index is 5.07. The highest BCUT2D eigenvalue weighted by Gasteiger charge is 1.94. The minimum atomic E-state index is 1.13. The van der Waals surface area contributed by atoms with Gasteiger partial charge in [0.2, 0.25) is 0 Å². The minimum Gasteiger partial charge on any atom is -0.261 e. The summed E-state index contributed by atoms with van der Waals surface area (Å²) < 4.78 is 2.28. The second-order valence-corrected chi connectivity index (χ2v) is 4.88. The second kappa shape index (κ2) is 3.58. The topological polar surface area (TPSA) is 38.0 Å². The Bertz CT molecular complexity index is 188. The Morgan fingerprint density at radius 1 is 1.67 bits per heavy atom. The maximum atomic E-state index is 5.07. The fourth-order valence-electron chi connectivity index (χ4n) is 0.411. The van der Waals surface area contributed by atoms with Crippen molar-refractivity contribution in [2.75, 3.05) is 0 Å². The van der Waals surface area contributed by atoms with Gasteiger partial charge in [-0.05, 0) is 40.0 Å². The Kier molecular flexibility index (Phi) is 3.00. The zero-order valence-corrected chi connectivity index (χ0v) is 7.65. The minimum absolute atomic E-state index is 1.13. The number of rotatable bonds is 2. The van der Waals surface area contributed by atoms with Crippen LogP contribution in [-0.4, -0.2) is 0 Å². The van der Waals surface area contributed by atoms with Crippen molar-refractivity contribution in [3.8, 4) is 0 Å². The first-order valence-electron chi connectivity index (χ1n) is 2.20. The highest BCUT2D eigenvalue weighted by atomic mass is 79.9. The van der Waals surface area contributed by atoms with Crippen molar-refractivity contribution in [2.45, 2.75) is 4.21 Å². The summed E-state index contributed by atoms with van der Waals surface area (Å²) in [6.07, 6.45) is 0. The molecule has 0 fully saturated rings. The number of hydrogen-bond donors (Lipinski definition) is 2. The molecule has 1 heterocycles. The molecule has 0 aromatic carbocycles. The Balaban J connectivity index is 2.61. The van der Waals surface area contributed by atoms with Crippen molar-refractivity contribution in [2.24, 2.45) is 5.84 Å². The van der Waals surface area contributed by atoms with Crippen LogP contribution in [0.4, 0.5) is 0 Å². The highest BCUT2D eigenvalue weighted by Crippen LogP contribution is 2.28. The molecule has 1 aromatic heterocycles. The van der Waals surface area contributed by atoms with Crippen molar-refractivity contribution < 1.29 is 0 Å². The van der Waals surface area contributed by atoms with Crippen LogP contribution in [-0.2, 0) is 0 Å². The fraction of sp³-hybridized carbons (Fsp3) is 0. The first-order valence-corrected chi connectivity index (χ1v) is 4.63. The smallest absolute Gasteiger partial charge is 0.0775 e. The lowest BCUT2D eigenvalue weighted by molar-refractivity contribution is 1.12. The summed E-state index contributed by atoms with van der Waals surface area (Å²) in [7, 11) is 0. The molecule has 0 unspecified atom stereocenters. The number of hydrazine groups is 1. The molecule has 0 amide bonds. The third kappa shape index (κ3) is 2.27. The van der Waals surface area contributed by atoms with Crippen molar-refractivity contribution in [1.29, 1.82) is 0 Å². The van der Waals surface area contributed by atoms with Crippen LogP contribution in [0.5, 0.6) is 0 Å². The maximum Gasteiger partial charge on any atom is 0.0775 e. The summed E-state index contributed by atoms with van der Waals surface area (Å²) >= 11 is 6.40. The Morgan fingerprint density at radius 2 is 2.44 bits per heavy atom. The molecule has 0 aliphatic carbocycles. The van der Waals surface area contributed by atoms with Gasteiger partial charge in [0.05, 0.1) is 8.00 Å². The largest absolute Gasteiger partial charge is 0.261 e. The zero-order chi connectivity index (χ0) is 6.69. The van der Waals surface area contributed by atoms with Crippen LogP contribution in [0.25, 0.3) is 0 Å². The van der Waals surface area contributed by atoms with Gasteiger partial charge in [-0.2, -0.15) is 4.83 Å². The van der Waals surface area contributed by atoms with Gasteiger partial charge < -0.3 is 0 Å². The molecule has 3 N–H and O–H groups in total. The Labute approximate surface area is 70.1 Å². The van der Waals surface area contributed by atoms with Crippen LogP contribution in [0.1, 0.15) is 0 Å². The lowest BCUT2D eigenvalue weighted by atomic mass is 10.7. The SMILES string of the molecule is NNSc1ccc(Br)s1. The fourth-order valence-corrected chi connectivity index (χ4v) is 2.68. The van der Waals surface area contributed by atoms with E-state index >= 15 is 0 Å². The summed E-state index contributed by atoms with van der Waals surface area (Å²) in [5.41, 5.74) is 0. The monoisotopic (exact) mass is 224 g/mol. The van der Waals surface area contributed by atoms with E-state index in [0.29, 0.717) is 0 Å². The van der Waals surface area contributed by atoms with Crippen molar-refractivity contribution in [3.63, 3.8) is 0 Å². The van der Waals surface area contributed by atoms with Crippen molar-refractivity contribution in [1.82, 2.24) is 4.83 Å². The van der Waals surface area contributed by atoms with Gasteiger partial charge in [-0.25, -0.2) is 0 Å². The summed E-state index contributed by atoms with van der Waals surface area (Å²) in [6.45, 7) is 0. The van der Waals surface area contributed by atoms with Gasteiger partial charge in [-0.15, -0.1) is 11.3 Å². The third-order valence-corrected chi connectivity index (χ3v) is 3.08. The van der Waals surface area contributed by atoms with Crippen LogP contribution in [0.2, 0.25) is 0 Å². The van der Waals surface area contributed by atoms with Crippen molar-refractivity contribution >= 4 is 39.2 Å². The molecule has 0 bridgehead atoms. The van der Waals surface area contributed by atoms with Crippen molar-refractivity contribution in [3.05, 3.63) is 15.9 Å². The lowest BCUT2D eigenvalue weighted by Crippen LogP contribution is -2.10. The molecule has 1 rings (SSSR count). The van der Waals surface area contributed by atoms with Crippen LogP contribution in [0.15, 0.2) is 20.1 Å². The summed E-state index contributed by atoms with van der Waals surface area (Å²) in [5, 5.41) is 0. The van der Waals surface area contributed by atoms with Gasteiger partial charge in [0.1, 0.15) is 0 Å². The number of nitrogens with two attached hydrogens (primary N) is 1. The quantitative estimate of drug-likeness (QED) is 0.459. The summed E-state index contributed by atoms with van der Waals surface area (Å²) in [5.74, 6) is 5.07. The van der Waals surface area contributed by atoms with Gasteiger partial charge in [0, 0.05) is 0 Å². The van der Waals surface area contributed by atoms with Crippen LogP contribution in [0, 0.1) is 0 Å². The molecule has 0 saturated heterocycles. The summed E-state index contributed by atoms with van der Waals surface area (Å²) in [6, 6.07) is 3.99. The molecule has 1 aromatic rings. The number of thiophene rings is 1. The molecule has 9 heavy (non-hydrogen) atoms. The molecular weight excluding hydrogens is 220 g/mol. The number of nitrogens with one attached hydrogen (secondary N) is 1. The molecule has 0 saturated carbocycles. The number of halogens is 1. The Hall–Kier alpha value is 0.450. The van der Waals surface area contributed by atoms with Gasteiger partial charge in [0.25, 0.3) is 0 Å². The third-order valence-electron chi connectivity index (χ3n) is 0.708. The molecular formula is C4H5BrN2S2. The predicted octanol–water partition coefficient (Wildman–Crippen LogP) is 1.98. The molecule has 50 valence electrons. The lowest BCUT2D eigenvalue weighted by Gasteiger charge is -1.88. The molecule has 2 nitrogen and oxygen atoms in total. The van der Waals surface area contributed by atoms with E-state index in [1.807, 2.05) is 12.1 Å². The van der Waals surface area contributed by atoms with E-state index in [0.717, 1.165) is 8.00 Å². The molecule has 0 aliphatic heterocycles. The highest BCUT2D eigenvalue weighted by molar-refractivity contribution is 9.11. The van der Waals surface area contributed by atoms with Gasteiger partial charge >= 0.3 is 0 Å². The van der Waals surface area contributed by atoms with Crippen LogP contribution < -0.4 is 10.7 Å². The van der Waals surface area contributed by atoms with Gasteiger partial charge in [-0.1, -0.05) is 0 Å². The van der Waals surface area contributed by atoms with E-state index in [-0.39, 0.29) is 0 Å². The molecule has 0 spiro atoms. The standard InChI is InChI=1S/C4H5BrN2S2/c5-3-1-2-4(8-3)9-7-6/h1-2,7H,6H2. The molecule has 0 atom stereocenters. The van der Waals surface area contributed by atoms with E-state index in [9.17, 15) is 0 Å². The van der Waals surface area contributed by atoms with E-state index in [4.69, 9.17) is 5.84 Å². The average Bonchev–Trinajstić information content (AvgIpc) is 2.17. The van der Waals surface area contributed by atoms with Crippen LogP contribution >= 0.6 is 39.2 Å². The molecule has 0 aliphatic rings. The first kappa shape index (κ1) is 7.56. The van der Waals surface area contributed by atoms with E-state index in [2.05, 4.69) is 20.8 Å². The normalized spacial score (nSPS) is 10.0. The van der Waals surface area contributed by atoms with E-state index in [1.165, 1.54) is 11.9 Å². The predicted molar refractivity (Wildman–Crippen MR) is 45.2 cm³/mol. The van der Waals surface area contributed by atoms with E-state index < -0.39 is 0 Å². The van der Waals surface area contributed by atoms with Gasteiger partial charge in [0.15, 0.2) is 0 Å². The average molecular weight is 225 g/mol. The van der Waals surface area contributed by atoms with Gasteiger partial charge in [-0.3, -0.25) is 5.84 Å². The summed E-state index contributed by atoms with van der Waals surface area (Å²) in [4.78, 5) is 2.50. The van der Waals surface area contributed by atoms with E-state index in [1.54, 1.807) is 11.3 Å². The van der Waals surface area contributed by atoms with Crippen LogP contribution in [0.3, 0.4) is 0 Å². The first-order chi connectivity index (χ1) is 4.33. The number of hydrogen-bond acceptors (Lipinski definition) is 4. The zero-order valence-electron chi connectivity index (χ0n) is 4.43. The molecule has 5 heteroatoms. The molecule has 0 radical (unpaired) electrons.